The number of hydrogen-bond donors (Lipinski definition) is 1. The molecular formula is C9H16N2O2. The molecule has 0 saturated carbocycles. The van der Waals surface area contributed by atoms with Gasteiger partial charge in [0.2, 0.25) is 11.8 Å². The molecule has 1 rings (SSSR count). The van der Waals surface area contributed by atoms with Crippen molar-refractivity contribution in [1.29, 1.82) is 0 Å². The molecule has 0 aromatic carbocycles. The molecule has 4 nitrogen and oxygen atoms in total. The van der Waals surface area contributed by atoms with Gasteiger partial charge in [0.15, 0.2) is 0 Å². The number of carbonyl (C=O) groups excluding carboxylic acids is 2. The first-order chi connectivity index (χ1) is 6.00. The van der Waals surface area contributed by atoms with E-state index in [2.05, 4.69) is 13.8 Å². The molecule has 2 amide bonds. The third kappa shape index (κ3) is 2.44. The Morgan fingerprint density at radius 2 is 2.31 bits per heavy atom. The second kappa shape index (κ2) is 3.77. The quantitative estimate of drug-likeness (QED) is 0.669. The molecule has 0 aromatic heterocycles. The Morgan fingerprint density at radius 1 is 1.69 bits per heavy atom. The predicted octanol–water partition coefficient (Wildman–Crippen LogP) is -0.0238. The van der Waals surface area contributed by atoms with Crippen LogP contribution in [0.5, 0.6) is 0 Å². The van der Waals surface area contributed by atoms with Gasteiger partial charge < -0.3 is 10.6 Å². The molecule has 1 aliphatic rings. The molecule has 74 valence electrons. The Bertz CT molecular complexity index is 226. The zero-order valence-electron chi connectivity index (χ0n) is 8.12. The molecule has 0 radical (unpaired) electrons. The molecule has 0 spiro atoms. The second-order valence-electron chi connectivity index (χ2n) is 3.95. The molecule has 0 bridgehead atoms. The molecule has 1 fully saturated rings. The maximum atomic E-state index is 11.3. The molecule has 0 aliphatic carbocycles. The zero-order valence-corrected chi connectivity index (χ0v) is 8.12. The van der Waals surface area contributed by atoms with Crippen molar-refractivity contribution in [3.63, 3.8) is 0 Å². The fourth-order valence-electron chi connectivity index (χ4n) is 1.59. The fraction of sp³-hybridized carbons (Fsp3) is 0.778. The van der Waals surface area contributed by atoms with Crippen LogP contribution in [0.1, 0.15) is 20.3 Å². The summed E-state index contributed by atoms with van der Waals surface area (Å²) in [5.74, 6) is 0.490. The number of likely N-dealkylation sites (tertiary alicyclic amines) is 1. The number of nitrogens with zero attached hydrogens (tertiary/aromatic N) is 1. The van der Waals surface area contributed by atoms with Crippen molar-refractivity contribution in [3.8, 4) is 0 Å². The van der Waals surface area contributed by atoms with E-state index in [1.54, 1.807) is 4.90 Å². The zero-order chi connectivity index (χ0) is 10.0. The van der Waals surface area contributed by atoms with Gasteiger partial charge in [-0.3, -0.25) is 9.59 Å². The van der Waals surface area contributed by atoms with Crippen LogP contribution in [-0.2, 0) is 9.59 Å². The van der Waals surface area contributed by atoms with Crippen molar-refractivity contribution in [2.45, 2.75) is 20.3 Å². The SMILES string of the molecule is CC(C)C1CC(=O)N(CC(N)=O)C1. The highest BCUT2D eigenvalue weighted by atomic mass is 16.2. The molecule has 4 heteroatoms. The summed E-state index contributed by atoms with van der Waals surface area (Å²) in [6, 6.07) is 0. The van der Waals surface area contributed by atoms with Gasteiger partial charge in [-0.15, -0.1) is 0 Å². The van der Waals surface area contributed by atoms with Crippen molar-refractivity contribution in [2.75, 3.05) is 13.1 Å². The van der Waals surface area contributed by atoms with Gasteiger partial charge in [0, 0.05) is 13.0 Å². The summed E-state index contributed by atoms with van der Waals surface area (Å²) < 4.78 is 0. The second-order valence-corrected chi connectivity index (χ2v) is 3.95. The van der Waals surface area contributed by atoms with Gasteiger partial charge >= 0.3 is 0 Å². The van der Waals surface area contributed by atoms with E-state index in [0.717, 1.165) is 0 Å². The normalized spacial score (nSPS) is 22.8. The van der Waals surface area contributed by atoms with E-state index < -0.39 is 5.91 Å². The largest absolute Gasteiger partial charge is 0.368 e. The van der Waals surface area contributed by atoms with E-state index in [1.165, 1.54) is 0 Å². The summed E-state index contributed by atoms with van der Waals surface area (Å²) in [4.78, 5) is 23.5. The van der Waals surface area contributed by atoms with Gasteiger partial charge in [0.05, 0.1) is 6.54 Å². The summed E-state index contributed by atoms with van der Waals surface area (Å²) in [7, 11) is 0. The lowest BCUT2D eigenvalue weighted by molar-refractivity contribution is -0.132. The van der Waals surface area contributed by atoms with Crippen LogP contribution < -0.4 is 5.73 Å². The molecule has 1 saturated heterocycles. The van der Waals surface area contributed by atoms with Gasteiger partial charge in [0.1, 0.15) is 0 Å². The van der Waals surface area contributed by atoms with Crippen LogP contribution in [0, 0.1) is 11.8 Å². The number of amides is 2. The van der Waals surface area contributed by atoms with Gasteiger partial charge in [-0.2, -0.15) is 0 Å². The van der Waals surface area contributed by atoms with E-state index in [9.17, 15) is 9.59 Å². The summed E-state index contributed by atoms with van der Waals surface area (Å²) in [6.07, 6.45) is 0.560. The lowest BCUT2D eigenvalue weighted by Crippen LogP contribution is -2.35. The van der Waals surface area contributed by atoms with E-state index in [-0.39, 0.29) is 12.5 Å². The van der Waals surface area contributed by atoms with Crippen LogP contribution in [0.15, 0.2) is 0 Å². The minimum absolute atomic E-state index is 0.0532. The lowest BCUT2D eigenvalue weighted by atomic mass is 9.95. The predicted molar refractivity (Wildman–Crippen MR) is 48.7 cm³/mol. The van der Waals surface area contributed by atoms with E-state index >= 15 is 0 Å². The Labute approximate surface area is 78.1 Å². The smallest absolute Gasteiger partial charge is 0.237 e. The molecule has 1 atom stereocenters. The summed E-state index contributed by atoms with van der Waals surface area (Å²) in [5, 5.41) is 0. The maximum absolute atomic E-state index is 11.3. The first-order valence-corrected chi connectivity index (χ1v) is 4.56. The Balaban J connectivity index is 2.51. The highest BCUT2D eigenvalue weighted by Gasteiger charge is 2.31. The minimum atomic E-state index is -0.433. The van der Waals surface area contributed by atoms with Crippen molar-refractivity contribution >= 4 is 11.8 Å². The van der Waals surface area contributed by atoms with E-state index in [0.29, 0.717) is 24.8 Å². The van der Waals surface area contributed by atoms with E-state index in [4.69, 9.17) is 5.73 Å². The highest BCUT2D eigenvalue weighted by Crippen LogP contribution is 2.24. The molecule has 1 heterocycles. The van der Waals surface area contributed by atoms with Crippen molar-refractivity contribution in [3.05, 3.63) is 0 Å². The van der Waals surface area contributed by atoms with Crippen LogP contribution in [0.25, 0.3) is 0 Å². The van der Waals surface area contributed by atoms with Gasteiger partial charge in [-0.1, -0.05) is 13.8 Å². The number of nitrogens with two attached hydrogens (primary N) is 1. The number of primary amides is 1. The summed E-state index contributed by atoms with van der Waals surface area (Å²) in [6.45, 7) is 4.93. The van der Waals surface area contributed by atoms with Crippen molar-refractivity contribution in [1.82, 2.24) is 4.90 Å². The lowest BCUT2D eigenvalue weighted by Gasteiger charge is -2.15. The Morgan fingerprint density at radius 3 is 2.69 bits per heavy atom. The third-order valence-corrected chi connectivity index (χ3v) is 2.53. The topological polar surface area (TPSA) is 63.4 Å². The molecule has 13 heavy (non-hydrogen) atoms. The number of carbonyl (C=O) groups is 2. The van der Waals surface area contributed by atoms with Crippen LogP contribution >= 0.6 is 0 Å². The average Bonchev–Trinajstić information content (AvgIpc) is 2.31. The first kappa shape index (κ1) is 10.0. The fourth-order valence-corrected chi connectivity index (χ4v) is 1.59. The van der Waals surface area contributed by atoms with Gasteiger partial charge in [-0.25, -0.2) is 0 Å². The summed E-state index contributed by atoms with van der Waals surface area (Å²) >= 11 is 0. The highest BCUT2D eigenvalue weighted by molar-refractivity contribution is 5.85. The summed E-state index contributed by atoms with van der Waals surface area (Å²) in [5.41, 5.74) is 5.02. The molecule has 1 unspecified atom stereocenters. The molecular weight excluding hydrogens is 168 g/mol. The number of rotatable bonds is 3. The minimum Gasteiger partial charge on any atom is -0.368 e. The average molecular weight is 184 g/mol. The Hall–Kier alpha value is -1.06. The van der Waals surface area contributed by atoms with Crippen LogP contribution in [0.4, 0.5) is 0 Å². The van der Waals surface area contributed by atoms with E-state index in [1.807, 2.05) is 0 Å². The van der Waals surface area contributed by atoms with Crippen molar-refractivity contribution < 1.29 is 9.59 Å². The van der Waals surface area contributed by atoms with Gasteiger partial charge in [-0.05, 0) is 11.8 Å². The Kier molecular flexibility index (Phi) is 2.90. The first-order valence-electron chi connectivity index (χ1n) is 4.56. The number of hydrogen-bond acceptors (Lipinski definition) is 2. The molecule has 2 N–H and O–H groups in total. The van der Waals surface area contributed by atoms with Crippen LogP contribution in [-0.4, -0.2) is 29.8 Å². The molecule has 1 aliphatic heterocycles. The van der Waals surface area contributed by atoms with Crippen molar-refractivity contribution in [2.24, 2.45) is 17.6 Å². The van der Waals surface area contributed by atoms with Crippen LogP contribution in [0.3, 0.4) is 0 Å². The third-order valence-electron chi connectivity index (χ3n) is 2.53. The maximum Gasteiger partial charge on any atom is 0.237 e. The molecule has 0 aromatic rings. The van der Waals surface area contributed by atoms with Gasteiger partial charge in [0.25, 0.3) is 0 Å². The standard InChI is InChI=1S/C9H16N2O2/c1-6(2)7-3-9(13)11(4-7)5-8(10)12/h6-7H,3-5H2,1-2H3,(H2,10,12). The van der Waals surface area contributed by atoms with Crippen LogP contribution in [0.2, 0.25) is 0 Å². The monoisotopic (exact) mass is 184 g/mol.